The van der Waals surface area contributed by atoms with Gasteiger partial charge in [-0.15, -0.1) is 0 Å². The second-order valence-corrected chi connectivity index (χ2v) is 5.60. The maximum Gasteiger partial charge on any atom is 0.244 e. The lowest BCUT2D eigenvalue weighted by Gasteiger charge is -2.27. The van der Waals surface area contributed by atoms with E-state index >= 15 is 0 Å². The molecule has 114 valence electrons. The zero-order valence-corrected chi connectivity index (χ0v) is 12.9. The first-order chi connectivity index (χ1) is 10.1. The van der Waals surface area contributed by atoms with Gasteiger partial charge in [-0.05, 0) is 25.0 Å². The molecule has 4 heteroatoms. The molecule has 1 amide bonds. The molecule has 1 aliphatic rings. The van der Waals surface area contributed by atoms with Crippen LogP contribution in [0.3, 0.4) is 0 Å². The third-order valence-corrected chi connectivity index (χ3v) is 3.49. The number of hydrogen-bond acceptors (Lipinski definition) is 3. The van der Waals surface area contributed by atoms with Gasteiger partial charge in [-0.1, -0.05) is 29.8 Å². The van der Waals surface area contributed by atoms with E-state index in [1.54, 1.807) is 6.08 Å². The molecular weight excluding hydrogens is 264 g/mol. The summed E-state index contributed by atoms with van der Waals surface area (Å²) in [6.45, 7) is 8.88. The molecule has 1 saturated heterocycles. The largest absolute Gasteiger partial charge is 0.379 e. The number of allylic oxidation sites excluding steroid dienone is 1. The number of ether oxygens (including phenoxy) is 1. The highest BCUT2D eigenvalue weighted by molar-refractivity contribution is 5.87. The Labute approximate surface area is 126 Å². The van der Waals surface area contributed by atoms with Crippen molar-refractivity contribution >= 4 is 5.91 Å². The fourth-order valence-electron chi connectivity index (χ4n) is 2.38. The Bertz CT molecular complexity index is 501. The molecule has 0 spiro atoms. The van der Waals surface area contributed by atoms with Crippen LogP contribution < -0.4 is 5.32 Å². The summed E-state index contributed by atoms with van der Waals surface area (Å²) in [6, 6.07) is 8.29. The number of carbonyl (C=O) groups is 1. The quantitative estimate of drug-likeness (QED) is 0.844. The summed E-state index contributed by atoms with van der Waals surface area (Å²) in [5.74, 6) is -0.0313. The van der Waals surface area contributed by atoms with Crippen LogP contribution in [0.1, 0.15) is 25.0 Å². The Balaban J connectivity index is 1.96. The minimum Gasteiger partial charge on any atom is -0.379 e. The molecule has 1 aromatic rings. The van der Waals surface area contributed by atoms with Crippen molar-refractivity contribution in [2.24, 2.45) is 0 Å². The summed E-state index contributed by atoms with van der Waals surface area (Å²) in [4.78, 5) is 14.1. The molecule has 0 bridgehead atoms. The van der Waals surface area contributed by atoms with Gasteiger partial charge < -0.3 is 10.1 Å². The lowest BCUT2D eigenvalue weighted by molar-refractivity contribution is -0.116. The van der Waals surface area contributed by atoms with Gasteiger partial charge in [0.2, 0.25) is 5.91 Å². The highest BCUT2D eigenvalue weighted by Gasteiger charge is 2.12. The first kappa shape index (κ1) is 15.7. The Morgan fingerprint density at radius 2 is 1.90 bits per heavy atom. The molecule has 0 radical (unpaired) electrons. The van der Waals surface area contributed by atoms with E-state index in [9.17, 15) is 4.79 Å². The molecule has 0 atom stereocenters. The average molecular weight is 288 g/mol. The number of amides is 1. The van der Waals surface area contributed by atoms with Crippen LogP contribution in [-0.2, 0) is 22.6 Å². The van der Waals surface area contributed by atoms with Crippen LogP contribution in [0.5, 0.6) is 0 Å². The Morgan fingerprint density at radius 1 is 1.24 bits per heavy atom. The molecule has 1 aromatic carbocycles. The smallest absolute Gasteiger partial charge is 0.244 e. The predicted octanol–water partition coefficient (Wildman–Crippen LogP) is 2.10. The first-order valence-corrected chi connectivity index (χ1v) is 7.45. The lowest BCUT2D eigenvalue weighted by atomic mass is 10.1. The average Bonchev–Trinajstić information content (AvgIpc) is 2.47. The van der Waals surface area contributed by atoms with Gasteiger partial charge in [0.15, 0.2) is 0 Å². The molecular formula is C17H24N2O2. The van der Waals surface area contributed by atoms with Crippen LogP contribution in [0.15, 0.2) is 35.9 Å². The van der Waals surface area contributed by atoms with E-state index < -0.39 is 0 Å². The maximum atomic E-state index is 11.7. The van der Waals surface area contributed by atoms with Crippen LogP contribution >= 0.6 is 0 Å². The standard InChI is InChI=1S/C17H24N2O2/c1-14(2)11-17(20)18-12-15-5-3-4-6-16(15)13-19-7-9-21-10-8-19/h3-6,11H,7-10,12-13H2,1-2H3,(H,18,20). The topological polar surface area (TPSA) is 41.6 Å². The number of nitrogens with one attached hydrogen (secondary N) is 1. The first-order valence-electron chi connectivity index (χ1n) is 7.45. The summed E-state index contributed by atoms with van der Waals surface area (Å²) in [7, 11) is 0. The van der Waals surface area contributed by atoms with Gasteiger partial charge in [0.1, 0.15) is 0 Å². The maximum absolute atomic E-state index is 11.7. The fourth-order valence-corrected chi connectivity index (χ4v) is 2.38. The number of benzene rings is 1. The molecule has 1 N–H and O–H groups in total. The molecule has 0 aromatic heterocycles. The summed E-state index contributed by atoms with van der Waals surface area (Å²) >= 11 is 0. The molecule has 0 aliphatic carbocycles. The van der Waals surface area contributed by atoms with Crippen molar-refractivity contribution in [1.29, 1.82) is 0 Å². The third-order valence-electron chi connectivity index (χ3n) is 3.49. The van der Waals surface area contributed by atoms with Crippen molar-refractivity contribution < 1.29 is 9.53 Å². The van der Waals surface area contributed by atoms with Crippen molar-refractivity contribution in [3.05, 3.63) is 47.0 Å². The second kappa shape index (κ2) is 7.96. The van der Waals surface area contributed by atoms with E-state index in [1.807, 2.05) is 19.9 Å². The van der Waals surface area contributed by atoms with E-state index in [1.165, 1.54) is 11.1 Å². The summed E-state index contributed by atoms with van der Waals surface area (Å²) < 4.78 is 5.38. The number of carbonyl (C=O) groups excluding carboxylic acids is 1. The fraction of sp³-hybridized carbons (Fsp3) is 0.471. The van der Waals surface area contributed by atoms with Gasteiger partial charge in [-0.25, -0.2) is 0 Å². The van der Waals surface area contributed by atoms with Crippen LogP contribution in [-0.4, -0.2) is 37.1 Å². The van der Waals surface area contributed by atoms with Crippen molar-refractivity contribution in [2.45, 2.75) is 26.9 Å². The number of nitrogens with zero attached hydrogens (tertiary/aromatic N) is 1. The predicted molar refractivity (Wildman–Crippen MR) is 83.8 cm³/mol. The summed E-state index contributed by atoms with van der Waals surface area (Å²) in [5, 5.41) is 2.95. The van der Waals surface area contributed by atoms with Gasteiger partial charge in [-0.3, -0.25) is 9.69 Å². The minimum atomic E-state index is -0.0313. The van der Waals surface area contributed by atoms with Crippen molar-refractivity contribution in [1.82, 2.24) is 10.2 Å². The van der Waals surface area contributed by atoms with Gasteiger partial charge in [0.05, 0.1) is 13.2 Å². The normalized spacial score (nSPS) is 15.5. The molecule has 1 aliphatic heterocycles. The van der Waals surface area contributed by atoms with Gasteiger partial charge in [0, 0.05) is 32.3 Å². The highest BCUT2D eigenvalue weighted by Crippen LogP contribution is 2.13. The van der Waals surface area contributed by atoms with Crippen LogP contribution in [0.4, 0.5) is 0 Å². The lowest BCUT2D eigenvalue weighted by Crippen LogP contribution is -2.36. The molecule has 4 nitrogen and oxygen atoms in total. The molecule has 0 saturated carbocycles. The van der Waals surface area contributed by atoms with Gasteiger partial charge >= 0.3 is 0 Å². The van der Waals surface area contributed by atoms with Crippen LogP contribution in [0, 0.1) is 0 Å². The molecule has 0 unspecified atom stereocenters. The summed E-state index contributed by atoms with van der Waals surface area (Å²) in [6.07, 6.45) is 1.63. The van der Waals surface area contributed by atoms with E-state index in [4.69, 9.17) is 4.74 Å². The van der Waals surface area contributed by atoms with Crippen molar-refractivity contribution in [3.8, 4) is 0 Å². The van der Waals surface area contributed by atoms with Crippen LogP contribution in [0.25, 0.3) is 0 Å². The highest BCUT2D eigenvalue weighted by atomic mass is 16.5. The van der Waals surface area contributed by atoms with E-state index in [0.717, 1.165) is 38.4 Å². The Hall–Kier alpha value is -1.65. The number of hydrogen-bond donors (Lipinski definition) is 1. The van der Waals surface area contributed by atoms with Crippen LogP contribution in [0.2, 0.25) is 0 Å². The van der Waals surface area contributed by atoms with Gasteiger partial charge in [-0.2, -0.15) is 0 Å². The minimum absolute atomic E-state index is 0.0313. The zero-order valence-electron chi connectivity index (χ0n) is 12.9. The Kier molecular flexibility index (Phi) is 5.96. The summed E-state index contributed by atoms with van der Waals surface area (Å²) in [5.41, 5.74) is 3.46. The monoisotopic (exact) mass is 288 g/mol. The third kappa shape index (κ3) is 5.33. The Morgan fingerprint density at radius 3 is 2.57 bits per heavy atom. The SMILES string of the molecule is CC(C)=CC(=O)NCc1ccccc1CN1CCOCC1. The van der Waals surface area contributed by atoms with Gasteiger partial charge in [0.25, 0.3) is 0 Å². The molecule has 2 rings (SSSR count). The zero-order chi connectivity index (χ0) is 15.1. The molecule has 1 heterocycles. The van der Waals surface area contributed by atoms with E-state index in [0.29, 0.717) is 6.54 Å². The molecule has 1 fully saturated rings. The second-order valence-electron chi connectivity index (χ2n) is 5.60. The van der Waals surface area contributed by atoms with Crippen molar-refractivity contribution in [2.75, 3.05) is 26.3 Å². The molecule has 21 heavy (non-hydrogen) atoms. The van der Waals surface area contributed by atoms with E-state index in [2.05, 4.69) is 28.4 Å². The number of morpholine rings is 1. The number of rotatable bonds is 5. The van der Waals surface area contributed by atoms with E-state index in [-0.39, 0.29) is 5.91 Å². The van der Waals surface area contributed by atoms with Crippen molar-refractivity contribution in [3.63, 3.8) is 0 Å².